The van der Waals surface area contributed by atoms with E-state index in [2.05, 4.69) is 33.3 Å². The van der Waals surface area contributed by atoms with E-state index >= 15 is 0 Å². The summed E-state index contributed by atoms with van der Waals surface area (Å²) >= 11 is 6.57. The van der Waals surface area contributed by atoms with E-state index < -0.39 is 0 Å². The molecule has 0 spiro atoms. The van der Waals surface area contributed by atoms with E-state index in [4.69, 9.17) is 21.3 Å². The first-order valence-electron chi connectivity index (χ1n) is 9.71. The molecular weight excluding hydrogens is 376 g/mol. The van der Waals surface area contributed by atoms with Gasteiger partial charge in [-0.05, 0) is 31.4 Å². The van der Waals surface area contributed by atoms with Crippen molar-refractivity contribution in [2.75, 3.05) is 33.4 Å². The highest BCUT2D eigenvalue weighted by Gasteiger charge is 2.36. The van der Waals surface area contributed by atoms with E-state index in [9.17, 15) is 0 Å². The molecule has 152 valence electrons. The molecule has 1 N–H and O–H groups in total. The van der Waals surface area contributed by atoms with Crippen LogP contribution < -0.4 is 5.32 Å². The highest BCUT2D eigenvalue weighted by atomic mass is 35.5. The predicted molar refractivity (Wildman–Crippen MR) is 112 cm³/mol. The van der Waals surface area contributed by atoms with Crippen molar-refractivity contribution in [1.82, 2.24) is 25.0 Å². The van der Waals surface area contributed by atoms with Gasteiger partial charge < -0.3 is 15.0 Å². The first kappa shape index (κ1) is 20.6. The summed E-state index contributed by atoms with van der Waals surface area (Å²) in [5.74, 6) is 1.74. The smallest absolute Gasteiger partial charge is 0.194 e. The summed E-state index contributed by atoms with van der Waals surface area (Å²) in [4.78, 5) is 11.4. The fourth-order valence-corrected chi connectivity index (χ4v) is 3.95. The van der Waals surface area contributed by atoms with Gasteiger partial charge in [0.05, 0.1) is 13.1 Å². The zero-order valence-electron chi connectivity index (χ0n) is 16.9. The molecule has 0 aliphatic carbocycles. The SMILES string of the molecule is CCNC(=NCC1(c2ccccc2Cl)CCOCC1)N(C)Cc1ncnn1C. The van der Waals surface area contributed by atoms with Gasteiger partial charge >= 0.3 is 0 Å². The number of aryl methyl sites for hydroxylation is 1. The van der Waals surface area contributed by atoms with E-state index in [-0.39, 0.29) is 5.41 Å². The zero-order valence-corrected chi connectivity index (χ0v) is 17.6. The van der Waals surface area contributed by atoms with Crippen LogP contribution in [0.25, 0.3) is 0 Å². The minimum atomic E-state index is -0.108. The molecule has 1 aromatic carbocycles. The van der Waals surface area contributed by atoms with Crippen LogP contribution in [0, 0.1) is 0 Å². The average Bonchev–Trinajstić information content (AvgIpc) is 3.10. The number of halogens is 1. The number of rotatable bonds is 6. The van der Waals surface area contributed by atoms with Crippen molar-refractivity contribution in [2.24, 2.45) is 12.0 Å². The molecule has 1 aliphatic rings. The van der Waals surface area contributed by atoms with Crippen LogP contribution >= 0.6 is 11.6 Å². The number of aliphatic imine (C=N–C) groups is 1. The molecule has 1 aliphatic heterocycles. The normalized spacial score (nSPS) is 16.8. The molecular formula is C20H29ClN6O. The summed E-state index contributed by atoms with van der Waals surface area (Å²) in [6.45, 7) is 5.61. The van der Waals surface area contributed by atoms with Crippen molar-refractivity contribution in [2.45, 2.75) is 31.7 Å². The van der Waals surface area contributed by atoms with Crippen molar-refractivity contribution >= 4 is 17.6 Å². The molecule has 0 atom stereocenters. The molecule has 7 nitrogen and oxygen atoms in total. The molecule has 0 bridgehead atoms. The Morgan fingerprint density at radius 2 is 2.11 bits per heavy atom. The van der Waals surface area contributed by atoms with E-state index in [0.717, 1.165) is 55.0 Å². The first-order valence-corrected chi connectivity index (χ1v) is 10.1. The molecule has 2 aromatic rings. The molecule has 0 unspecified atom stereocenters. The van der Waals surface area contributed by atoms with Crippen LogP contribution in [0.5, 0.6) is 0 Å². The Hall–Kier alpha value is -2.12. The highest BCUT2D eigenvalue weighted by Crippen LogP contribution is 2.38. The number of nitrogens with zero attached hydrogens (tertiary/aromatic N) is 5. The van der Waals surface area contributed by atoms with Crippen LogP contribution in [0.4, 0.5) is 0 Å². The number of benzene rings is 1. The maximum absolute atomic E-state index is 6.57. The molecule has 1 aromatic heterocycles. The highest BCUT2D eigenvalue weighted by molar-refractivity contribution is 6.31. The van der Waals surface area contributed by atoms with Crippen LogP contribution in [-0.2, 0) is 23.7 Å². The third-order valence-corrected chi connectivity index (χ3v) is 5.64. The first-order chi connectivity index (χ1) is 13.6. The van der Waals surface area contributed by atoms with Crippen LogP contribution in [0.15, 0.2) is 35.6 Å². The van der Waals surface area contributed by atoms with Crippen molar-refractivity contribution in [3.8, 4) is 0 Å². The summed E-state index contributed by atoms with van der Waals surface area (Å²) in [6, 6.07) is 8.11. The molecule has 28 heavy (non-hydrogen) atoms. The lowest BCUT2D eigenvalue weighted by molar-refractivity contribution is 0.0530. The minimum Gasteiger partial charge on any atom is -0.381 e. The second-order valence-corrected chi connectivity index (χ2v) is 7.61. The van der Waals surface area contributed by atoms with E-state index in [0.29, 0.717) is 13.1 Å². The van der Waals surface area contributed by atoms with E-state index in [1.54, 1.807) is 11.0 Å². The number of aromatic nitrogens is 3. The van der Waals surface area contributed by atoms with Gasteiger partial charge in [-0.15, -0.1) is 0 Å². The molecule has 0 radical (unpaired) electrons. The largest absolute Gasteiger partial charge is 0.381 e. The Morgan fingerprint density at radius 3 is 2.75 bits per heavy atom. The molecule has 2 heterocycles. The Morgan fingerprint density at radius 1 is 1.36 bits per heavy atom. The third kappa shape index (κ3) is 4.64. The van der Waals surface area contributed by atoms with Crippen LogP contribution in [0.3, 0.4) is 0 Å². The number of guanidine groups is 1. The molecule has 1 saturated heterocycles. The number of hydrogen-bond donors (Lipinski definition) is 1. The van der Waals surface area contributed by atoms with Crippen LogP contribution in [0.2, 0.25) is 5.02 Å². The predicted octanol–water partition coefficient (Wildman–Crippen LogP) is 2.61. The zero-order chi connectivity index (χ0) is 20.0. The number of hydrogen-bond acceptors (Lipinski definition) is 4. The van der Waals surface area contributed by atoms with Gasteiger partial charge in [0.2, 0.25) is 0 Å². The minimum absolute atomic E-state index is 0.108. The summed E-state index contributed by atoms with van der Waals surface area (Å²) in [5, 5.41) is 8.34. The van der Waals surface area contributed by atoms with Crippen LogP contribution in [-0.4, -0.2) is 59.0 Å². The van der Waals surface area contributed by atoms with Crippen LogP contribution in [0.1, 0.15) is 31.2 Å². The molecule has 1 fully saturated rings. The van der Waals surface area contributed by atoms with E-state index in [1.165, 1.54) is 0 Å². The van der Waals surface area contributed by atoms with E-state index in [1.807, 2.05) is 32.3 Å². The number of nitrogens with one attached hydrogen (secondary N) is 1. The fraction of sp³-hybridized carbons (Fsp3) is 0.550. The summed E-state index contributed by atoms with van der Waals surface area (Å²) in [7, 11) is 3.91. The van der Waals surface area contributed by atoms with Gasteiger partial charge in [0.1, 0.15) is 12.2 Å². The average molecular weight is 405 g/mol. The molecule has 3 rings (SSSR count). The maximum atomic E-state index is 6.57. The van der Waals surface area contributed by atoms with Gasteiger partial charge in [0.15, 0.2) is 5.96 Å². The lowest BCUT2D eigenvalue weighted by Crippen LogP contribution is -2.42. The Bertz CT molecular complexity index is 799. The van der Waals surface area contributed by atoms with Crippen molar-refractivity contribution in [3.05, 3.63) is 47.0 Å². The lowest BCUT2D eigenvalue weighted by Gasteiger charge is -2.37. The fourth-order valence-electron chi connectivity index (χ4n) is 3.61. The van der Waals surface area contributed by atoms with Crippen molar-refractivity contribution in [3.63, 3.8) is 0 Å². The lowest BCUT2D eigenvalue weighted by atomic mass is 9.74. The summed E-state index contributed by atoms with van der Waals surface area (Å²) < 4.78 is 7.42. The van der Waals surface area contributed by atoms with Gasteiger partial charge in [-0.3, -0.25) is 9.67 Å². The second-order valence-electron chi connectivity index (χ2n) is 7.20. The monoisotopic (exact) mass is 404 g/mol. The van der Waals surface area contributed by atoms with Gasteiger partial charge in [0, 0.05) is 44.3 Å². The molecule has 0 saturated carbocycles. The van der Waals surface area contributed by atoms with Gasteiger partial charge in [0.25, 0.3) is 0 Å². The maximum Gasteiger partial charge on any atom is 0.194 e. The second kappa shape index (κ2) is 9.39. The van der Waals surface area contributed by atoms with Gasteiger partial charge in [-0.1, -0.05) is 29.8 Å². The van der Waals surface area contributed by atoms with Gasteiger partial charge in [-0.2, -0.15) is 5.10 Å². The third-order valence-electron chi connectivity index (χ3n) is 5.31. The Kier molecular flexibility index (Phi) is 6.91. The standard InChI is InChI=1S/C20H29ClN6O/c1-4-22-19(26(2)13-18-24-15-25-27(18)3)23-14-20(9-11-28-12-10-20)16-7-5-6-8-17(16)21/h5-8,15H,4,9-14H2,1-3H3,(H,22,23). The van der Waals surface area contributed by atoms with Crippen molar-refractivity contribution in [1.29, 1.82) is 0 Å². The number of ether oxygens (including phenoxy) is 1. The Balaban J connectivity index is 1.84. The molecule has 0 amide bonds. The quantitative estimate of drug-likeness (QED) is 0.592. The molecule has 8 heteroatoms. The topological polar surface area (TPSA) is 67.6 Å². The van der Waals surface area contributed by atoms with Crippen molar-refractivity contribution < 1.29 is 4.74 Å². The van der Waals surface area contributed by atoms with Gasteiger partial charge in [-0.25, -0.2) is 4.98 Å². The summed E-state index contributed by atoms with van der Waals surface area (Å²) in [6.07, 6.45) is 3.39. The summed E-state index contributed by atoms with van der Waals surface area (Å²) in [5.41, 5.74) is 1.05. The Labute approximate surface area is 171 Å².